The van der Waals surface area contributed by atoms with Gasteiger partial charge < -0.3 is 9.64 Å². The van der Waals surface area contributed by atoms with Crippen molar-refractivity contribution < 1.29 is 14.5 Å². The van der Waals surface area contributed by atoms with Crippen molar-refractivity contribution >= 4 is 33.8 Å². The standard InChI is InChI=1S/C11H13ClN2O4S/c1-7-6-18-8(4-12)5-13(7)11(15)9-2-3-10(19-9)14(16)17/h2-3,7-8H,4-6H2,1H3. The number of carbonyl (C=O) groups is 1. The maximum absolute atomic E-state index is 12.3. The zero-order valence-corrected chi connectivity index (χ0v) is 11.8. The highest BCUT2D eigenvalue weighted by Gasteiger charge is 2.31. The quantitative estimate of drug-likeness (QED) is 0.487. The molecule has 2 rings (SSSR count). The molecule has 1 aromatic rings. The topological polar surface area (TPSA) is 72.7 Å². The highest BCUT2D eigenvalue weighted by Crippen LogP contribution is 2.26. The summed E-state index contributed by atoms with van der Waals surface area (Å²) in [6.07, 6.45) is -0.184. The number of hydrogen-bond acceptors (Lipinski definition) is 5. The Labute approximate surface area is 119 Å². The minimum Gasteiger partial charge on any atom is -0.373 e. The van der Waals surface area contributed by atoms with E-state index in [4.69, 9.17) is 16.3 Å². The molecule has 19 heavy (non-hydrogen) atoms. The van der Waals surface area contributed by atoms with Gasteiger partial charge in [-0.2, -0.15) is 0 Å². The van der Waals surface area contributed by atoms with Crippen LogP contribution >= 0.6 is 22.9 Å². The second-order valence-electron chi connectivity index (χ2n) is 4.31. The Morgan fingerprint density at radius 2 is 2.42 bits per heavy atom. The molecular formula is C11H13ClN2O4S. The van der Waals surface area contributed by atoms with E-state index in [1.165, 1.54) is 12.1 Å². The van der Waals surface area contributed by atoms with Crippen molar-refractivity contribution in [2.24, 2.45) is 0 Å². The molecule has 0 spiro atoms. The fraction of sp³-hybridized carbons (Fsp3) is 0.545. The van der Waals surface area contributed by atoms with Crippen LogP contribution in [-0.2, 0) is 4.74 Å². The van der Waals surface area contributed by atoms with Crippen molar-refractivity contribution in [2.45, 2.75) is 19.1 Å². The van der Waals surface area contributed by atoms with Crippen molar-refractivity contribution in [1.29, 1.82) is 0 Å². The van der Waals surface area contributed by atoms with Gasteiger partial charge in [-0.25, -0.2) is 0 Å². The fourth-order valence-electron chi connectivity index (χ4n) is 1.88. The van der Waals surface area contributed by atoms with Gasteiger partial charge in [-0.05, 0) is 13.0 Å². The van der Waals surface area contributed by atoms with Crippen molar-refractivity contribution in [3.8, 4) is 0 Å². The molecule has 1 saturated heterocycles. The number of alkyl halides is 1. The maximum Gasteiger partial charge on any atom is 0.324 e. The largest absolute Gasteiger partial charge is 0.373 e. The van der Waals surface area contributed by atoms with Crippen LogP contribution in [-0.4, -0.2) is 46.9 Å². The van der Waals surface area contributed by atoms with Crippen molar-refractivity contribution in [1.82, 2.24) is 4.90 Å². The number of rotatable bonds is 3. The third-order valence-corrected chi connectivity index (χ3v) is 4.29. The second kappa shape index (κ2) is 5.85. The molecule has 2 atom stereocenters. The molecule has 2 heterocycles. The summed E-state index contributed by atoms with van der Waals surface area (Å²) in [6, 6.07) is 2.78. The summed E-state index contributed by atoms with van der Waals surface area (Å²) >= 11 is 6.63. The first kappa shape index (κ1) is 14.2. The lowest BCUT2D eigenvalue weighted by Gasteiger charge is -2.37. The van der Waals surface area contributed by atoms with Gasteiger partial charge in [0.15, 0.2) is 0 Å². The molecule has 104 valence electrons. The molecule has 0 aromatic carbocycles. The van der Waals surface area contributed by atoms with E-state index in [-0.39, 0.29) is 23.1 Å². The first-order valence-electron chi connectivity index (χ1n) is 5.75. The summed E-state index contributed by atoms with van der Waals surface area (Å²) in [6.45, 7) is 2.72. The van der Waals surface area contributed by atoms with Gasteiger partial charge in [0, 0.05) is 12.6 Å². The zero-order valence-electron chi connectivity index (χ0n) is 10.2. The average Bonchev–Trinajstić information content (AvgIpc) is 2.88. The summed E-state index contributed by atoms with van der Waals surface area (Å²) in [5.41, 5.74) is 0. The van der Waals surface area contributed by atoms with E-state index < -0.39 is 4.92 Å². The highest BCUT2D eigenvalue weighted by atomic mass is 35.5. The summed E-state index contributed by atoms with van der Waals surface area (Å²) < 4.78 is 5.47. The minimum atomic E-state index is -0.494. The van der Waals surface area contributed by atoms with Gasteiger partial charge >= 0.3 is 5.00 Å². The van der Waals surface area contributed by atoms with Crippen LogP contribution in [0, 0.1) is 10.1 Å². The molecule has 1 aliphatic heterocycles. The Bertz CT molecular complexity index is 493. The fourth-order valence-corrected chi connectivity index (χ4v) is 2.84. The van der Waals surface area contributed by atoms with E-state index >= 15 is 0 Å². The summed E-state index contributed by atoms with van der Waals surface area (Å²) in [7, 11) is 0. The summed E-state index contributed by atoms with van der Waals surface area (Å²) in [4.78, 5) is 24.5. The van der Waals surface area contributed by atoms with Gasteiger partial charge in [-0.1, -0.05) is 11.3 Å². The lowest BCUT2D eigenvalue weighted by molar-refractivity contribution is -0.380. The zero-order chi connectivity index (χ0) is 14.0. The van der Waals surface area contributed by atoms with E-state index in [1.807, 2.05) is 6.92 Å². The van der Waals surface area contributed by atoms with E-state index in [1.54, 1.807) is 4.90 Å². The number of amides is 1. The van der Waals surface area contributed by atoms with Gasteiger partial charge in [0.25, 0.3) is 5.91 Å². The number of nitro groups is 1. The first-order valence-corrected chi connectivity index (χ1v) is 7.10. The van der Waals surface area contributed by atoms with Gasteiger partial charge in [0.2, 0.25) is 0 Å². The molecule has 1 aliphatic rings. The van der Waals surface area contributed by atoms with Crippen LogP contribution in [0.2, 0.25) is 0 Å². The van der Waals surface area contributed by atoms with Crippen LogP contribution < -0.4 is 0 Å². The van der Waals surface area contributed by atoms with Crippen LogP contribution in [0.25, 0.3) is 0 Å². The summed E-state index contributed by atoms with van der Waals surface area (Å²) in [5, 5.41) is 10.6. The van der Waals surface area contributed by atoms with Gasteiger partial charge in [-0.15, -0.1) is 11.6 Å². The second-order valence-corrected chi connectivity index (χ2v) is 5.68. The molecule has 1 aromatic heterocycles. The average molecular weight is 305 g/mol. The van der Waals surface area contributed by atoms with E-state index in [0.717, 1.165) is 11.3 Å². The number of morpholine rings is 1. The molecule has 0 N–H and O–H groups in total. The van der Waals surface area contributed by atoms with Crippen molar-refractivity contribution in [3.63, 3.8) is 0 Å². The van der Waals surface area contributed by atoms with E-state index in [0.29, 0.717) is 23.9 Å². The number of thiophene rings is 1. The molecule has 0 radical (unpaired) electrons. The van der Waals surface area contributed by atoms with Crippen LogP contribution in [0.4, 0.5) is 5.00 Å². The SMILES string of the molecule is CC1COC(CCl)CN1C(=O)c1ccc([N+](=O)[O-])s1. The van der Waals surface area contributed by atoms with Gasteiger partial charge in [0.05, 0.1) is 34.4 Å². The molecule has 1 amide bonds. The van der Waals surface area contributed by atoms with Crippen LogP contribution in [0.15, 0.2) is 12.1 Å². The molecule has 0 saturated carbocycles. The highest BCUT2D eigenvalue weighted by molar-refractivity contribution is 7.17. The third-order valence-electron chi connectivity index (χ3n) is 2.92. The molecule has 6 nitrogen and oxygen atoms in total. The molecular weight excluding hydrogens is 292 g/mol. The monoisotopic (exact) mass is 304 g/mol. The van der Waals surface area contributed by atoms with Gasteiger partial charge in [0.1, 0.15) is 0 Å². The summed E-state index contributed by atoms with van der Waals surface area (Å²) in [5.74, 6) is 0.116. The molecule has 2 unspecified atom stereocenters. The number of halogens is 1. The lowest BCUT2D eigenvalue weighted by atomic mass is 10.2. The third kappa shape index (κ3) is 3.05. The normalized spacial score (nSPS) is 23.4. The Hall–Kier alpha value is -1.18. The Kier molecular flexibility index (Phi) is 4.38. The minimum absolute atomic E-state index is 0.0295. The van der Waals surface area contributed by atoms with Crippen molar-refractivity contribution in [3.05, 3.63) is 27.1 Å². The Morgan fingerprint density at radius 1 is 1.68 bits per heavy atom. The van der Waals surface area contributed by atoms with E-state index in [9.17, 15) is 14.9 Å². The number of nitrogens with zero attached hydrogens (tertiary/aromatic N) is 2. The first-order chi connectivity index (χ1) is 9.02. The van der Waals surface area contributed by atoms with E-state index in [2.05, 4.69) is 0 Å². The number of carbonyl (C=O) groups excluding carboxylic acids is 1. The molecule has 0 aliphatic carbocycles. The van der Waals surface area contributed by atoms with Crippen LogP contribution in [0.3, 0.4) is 0 Å². The Morgan fingerprint density at radius 3 is 3.00 bits per heavy atom. The molecule has 1 fully saturated rings. The molecule has 8 heteroatoms. The molecule has 0 bridgehead atoms. The predicted octanol–water partition coefficient (Wildman–Crippen LogP) is 2.12. The van der Waals surface area contributed by atoms with Gasteiger partial charge in [-0.3, -0.25) is 14.9 Å². The number of ether oxygens (including phenoxy) is 1. The maximum atomic E-state index is 12.3. The lowest BCUT2D eigenvalue weighted by Crippen LogP contribution is -2.51. The predicted molar refractivity (Wildman–Crippen MR) is 71.9 cm³/mol. The number of hydrogen-bond donors (Lipinski definition) is 0. The smallest absolute Gasteiger partial charge is 0.324 e. The Balaban J connectivity index is 2.14. The van der Waals surface area contributed by atoms with Crippen molar-refractivity contribution in [2.75, 3.05) is 19.0 Å². The van der Waals surface area contributed by atoms with Crippen LogP contribution in [0.5, 0.6) is 0 Å². The van der Waals surface area contributed by atoms with Crippen LogP contribution in [0.1, 0.15) is 16.6 Å².